The molecule has 0 saturated carbocycles. The van der Waals surface area contributed by atoms with Crippen LogP contribution in [0.15, 0.2) is 24.3 Å². The Labute approximate surface area is 113 Å². The van der Waals surface area contributed by atoms with Crippen molar-refractivity contribution >= 4 is 16.9 Å². The fourth-order valence-corrected chi connectivity index (χ4v) is 2.07. The van der Waals surface area contributed by atoms with Gasteiger partial charge in [0.15, 0.2) is 0 Å². The number of methoxy groups -OCH3 is 1. The van der Waals surface area contributed by atoms with Crippen LogP contribution in [0.3, 0.4) is 0 Å². The van der Waals surface area contributed by atoms with E-state index in [0.29, 0.717) is 5.69 Å². The first-order valence-corrected chi connectivity index (χ1v) is 6.33. The Morgan fingerprint density at radius 1 is 1.21 bits per heavy atom. The van der Waals surface area contributed by atoms with Crippen LogP contribution in [0.5, 0.6) is 0 Å². The normalized spacial score (nSPS) is 11.6. The molecule has 0 amide bonds. The molecule has 100 valence electrons. The Morgan fingerprint density at radius 3 is 2.47 bits per heavy atom. The van der Waals surface area contributed by atoms with Crippen molar-refractivity contribution in [3.8, 4) is 0 Å². The zero-order valence-corrected chi connectivity index (χ0v) is 12.1. The lowest BCUT2D eigenvalue weighted by Crippen LogP contribution is -2.11. The highest BCUT2D eigenvalue weighted by Crippen LogP contribution is 2.27. The van der Waals surface area contributed by atoms with Crippen LogP contribution >= 0.6 is 0 Å². The Bertz CT molecular complexity index is 639. The van der Waals surface area contributed by atoms with Gasteiger partial charge in [0, 0.05) is 5.39 Å². The van der Waals surface area contributed by atoms with Gasteiger partial charge in [-0.25, -0.2) is 9.78 Å². The van der Waals surface area contributed by atoms with Gasteiger partial charge in [0.1, 0.15) is 5.69 Å². The summed E-state index contributed by atoms with van der Waals surface area (Å²) in [6.07, 6.45) is 0. The van der Waals surface area contributed by atoms with Crippen LogP contribution in [0.1, 0.15) is 42.4 Å². The number of esters is 1. The van der Waals surface area contributed by atoms with Gasteiger partial charge in [-0.05, 0) is 41.7 Å². The number of aryl methyl sites for hydroxylation is 1. The standard InChI is InChI=1S/C16H19NO2/c1-10-8-14(15(18)19-5)17-13-7-6-11(9-12(10)13)16(2,3)4/h6-9H,1-5H3. The number of hydrogen-bond donors (Lipinski definition) is 0. The summed E-state index contributed by atoms with van der Waals surface area (Å²) in [5.74, 6) is -0.398. The number of carbonyl (C=O) groups is 1. The monoisotopic (exact) mass is 257 g/mol. The molecule has 3 nitrogen and oxygen atoms in total. The van der Waals surface area contributed by atoms with Gasteiger partial charge in [-0.2, -0.15) is 0 Å². The first kappa shape index (κ1) is 13.5. The molecule has 1 aromatic carbocycles. The highest BCUT2D eigenvalue weighted by Gasteiger charge is 2.16. The Morgan fingerprint density at radius 2 is 1.89 bits per heavy atom. The number of fused-ring (bicyclic) bond motifs is 1. The largest absolute Gasteiger partial charge is 0.464 e. The lowest BCUT2D eigenvalue weighted by molar-refractivity contribution is 0.0594. The minimum atomic E-state index is -0.398. The second-order valence-electron chi connectivity index (χ2n) is 5.80. The summed E-state index contributed by atoms with van der Waals surface area (Å²) < 4.78 is 4.72. The Kier molecular flexibility index (Phi) is 3.31. The summed E-state index contributed by atoms with van der Waals surface area (Å²) >= 11 is 0. The van der Waals surface area contributed by atoms with Crippen LogP contribution in [0, 0.1) is 6.92 Å². The molecule has 1 aromatic heterocycles. The number of pyridine rings is 1. The fourth-order valence-electron chi connectivity index (χ4n) is 2.07. The topological polar surface area (TPSA) is 39.2 Å². The van der Waals surface area contributed by atoms with Gasteiger partial charge in [-0.3, -0.25) is 0 Å². The predicted octanol–water partition coefficient (Wildman–Crippen LogP) is 3.63. The summed E-state index contributed by atoms with van der Waals surface area (Å²) in [7, 11) is 1.37. The average molecular weight is 257 g/mol. The summed E-state index contributed by atoms with van der Waals surface area (Å²) in [5, 5.41) is 1.08. The van der Waals surface area contributed by atoms with Crippen molar-refractivity contribution < 1.29 is 9.53 Å². The number of rotatable bonds is 1. The van der Waals surface area contributed by atoms with Crippen molar-refractivity contribution in [1.82, 2.24) is 4.98 Å². The molecular formula is C16H19NO2. The Hall–Kier alpha value is -1.90. The van der Waals surface area contributed by atoms with Gasteiger partial charge in [0.2, 0.25) is 0 Å². The van der Waals surface area contributed by atoms with Gasteiger partial charge in [-0.15, -0.1) is 0 Å². The zero-order valence-electron chi connectivity index (χ0n) is 12.1. The maximum atomic E-state index is 11.6. The van der Waals surface area contributed by atoms with E-state index in [-0.39, 0.29) is 5.41 Å². The van der Waals surface area contributed by atoms with Crippen LogP contribution in [-0.4, -0.2) is 18.1 Å². The van der Waals surface area contributed by atoms with Crippen molar-refractivity contribution in [2.45, 2.75) is 33.1 Å². The molecule has 0 atom stereocenters. The molecule has 0 aliphatic rings. The highest BCUT2D eigenvalue weighted by molar-refractivity contribution is 5.92. The fraction of sp³-hybridized carbons (Fsp3) is 0.375. The number of nitrogens with zero attached hydrogens (tertiary/aromatic N) is 1. The van der Waals surface area contributed by atoms with E-state index in [0.717, 1.165) is 16.5 Å². The first-order chi connectivity index (χ1) is 8.82. The van der Waals surface area contributed by atoms with E-state index in [2.05, 4.69) is 37.9 Å². The third-order valence-electron chi connectivity index (χ3n) is 3.28. The van der Waals surface area contributed by atoms with Crippen molar-refractivity contribution in [2.75, 3.05) is 7.11 Å². The quantitative estimate of drug-likeness (QED) is 0.732. The molecule has 0 radical (unpaired) electrons. The minimum Gasteiger partial charge on any atom is -0.464 e. The molecule has 1 heterocycles. The second-order valence-corrected chi connectivity index (χ2v) is 5.80. The first-order valence-electron chi connectivity index (χ1n) is 6.33. The van der Waals surface area contributed by atoms with E-state index >= 15 is 0 Å². The molecule has 0 fully saturated rings. The van der Waals surface area contributed by atoms with Crippen molar-refractivity contribution in [3.05, 3.63) is 41.1 Å². The van der Waals surface area contributed by atoms with Crippen molar-refractivity contribution in [3.63, 3.8) is 0 Å². The minimum absolute atomic E-state index is 0.0989. The van der Waals surface area contributed by atoms with Gasteiger partial charge < -0.3 is 4.74 Å². The van der Waals surface area contributed by atoms with Crippen LogP contribution in [0.2, 0.25) is 0 Å². The SMILES string of the molecule is COC(=O)c1cc(C)c2cc(C(C)(C)C)ccc2n1. The molecule has 0 spiro atoms. The zero-order chi connectivity index (χ0) is 14.2. The molecule has 0 saturated heterocycles. The molecule has 0 N–H and O–H groups in total. The van der Waals surface area contributed by atoms with Gasteiger partial charge in [0.25, 0.3) is 0 Å². The molecule has 19 heavy (non-hydrogen) atoms. The second kappa shape index (κ2) is 4.65. The summed E-state index contributed by atoms with van der Waals surface area (Å²) in [5.41, 5.74) is 3.58. The maximum Gasteiger partial charge on any atom is 0.356 e. The third kappa shape index (κ3) is 2.60. The average Bonchev–Trinajstić information content (AvgIpc) is 2.36. The van der Waals surface area contributed by atoms with Gasteiger partial charge in [0.05, 0.1) is 12.6 Å². The van der Waals surface area contributed by atoms with E-state index in [1.807, 2.05) is 13.0 Å². The third-order valence-corrected chi connectivity index (χ3v) is 3.28. The maximum absolute atomic E-state index is 11.6. The molecule has 2 aromatic rings. The number of ether oxygens (including phenoxy) is 1. The predicted molar refractivity (Wildman–Crippen MR) is 76.5 cm³/mol. The van der Waals surface area contributed by atoms with Gasteiger partial charge in [-0.1, -0.05) is 26.8 Å². The van der Waals surface area contributed by atoms with E-state index in [1.54, 1.807) is 6.07 Å². The van der Waals surface area contributed by atoms with E-state index in [1.165, 1.54) is 12.7 Å². The molecule has 3 heteroatoms. The molecule has 0 aliphatic heterocycles. The molecule has 2 rings (SSSR count). The van der Waals surface area contributed by atoms with Crippen LogP contribution in [0.25, 0.3) is 10.9 Å². The lowest BCUT2D eigenvalue weighted by atomic mass is 9.86. The van der Waals surface area contributed by atoms with Crippen molar-refractivity contribution in [2.24, 2.45) is 0 Å². The molecular weight excluding hydrogens is 238 g/mol. The van der Waals surface area contributed by atoms with Crippen LogP contribution in [0.4, 0.5) is 0 Å². The number of aromatic nitrogens is 1. The van der Waals surface area contributed by atoms with E-state index in [9.17, 15) is 4.79 Å². The number of benzene rings is 1. The summed E-state index contributed by atoms with van der Waals surface area (Å²) in [6.45, 7) is 8.53. The van der Waals surface area contributed by atoms with E-state index in [4.69, 9.17) is 4.74 Å². The summed E-state index contributed by atoms with van der Waals surface area (Å²) in [6, 6.07) is 7.96. The van der Waals surface area contributed by atoms with Crippen molar-refractivity contribution in [1.29, 1.82) is 0 Å². The lowest BCUT2D eigenvalue weighted by Gasteiger charge is -2.19. The van der Waals surface area contributed by atoms with E-state index < -0.39 is 5.97 Å². The molecule has 0 unspecified atom stereocenters. The smallest absolute Gasteiger partial charge is 0.356 e. The Balaban J connectivity index is 2.63. The molecule has 0 aliphatic carbocycles. The number of hydrogen-bond acceptors (Lipinski definition) is 3. The highest BCUT2D eigenvalue weighted by atomic mass is 16.5. The van der Waals surface area contributed by atoms with Gasteiger partial charge >= 0.3 is 5.97 Å². The molecule has 0 bridgehead atoms. The number of carbonyl (C=O) groups excluding carboxylic acids is 1. The summed E-state index contributed by atoms with van der Waals surface area (Å²) in [4.78, 5) is 15.9. The van der Waals surface area contributed by atoms with Crippen LogP contribution in [-0.2, 0) is 10.2 Å². The van der Waals surface area contributed by atoms with Crippen LogP contribution < -0.4 is 0 Å².